The fourth-order valence-corrected chi connectivity index (χ4v) is 5.94. The minimum Gasteiger partial charge on any atom is -0.378 e. The van der Waals surface area contributed by atoms with E-state index in [4.69, 9.17) is 4.74 Å². The van der Waals surface area contributed by atoms with Gasteiger partial charge in [-0.15, -0.1) is 0 Å². The minimum atomic E-state index is -4.05. The van der Waals surface area contributed by atoms with Crippen LogP contribution in [-0.2, 0) is 24.8 Å². The van der Waals surface area contributed by atoms with Crippen LogP contribution in [-0.4, -0.2) is 71.3 Å². The first-order valence-corrected chi connectivity index (χ1v) is 13.2. The van der Waals surface area contributed by atoms with Crippen molar-refractivity contribution in [3.63, 3.8) is 0 Å². The van der Waals surface area contributed by atoms with Crippen molar-refractivity contribution < 1.29 is 26.4 Å². The predicted molar refractivity (Wildman–Crippen MR) is 121 cm³/mol. The summed E-state index contributed by atoms with van der Waals surface area (Å²) in [6.45, 7) is 5.83. The quantitative estimate of drug-likeness (QED) is 0.617. The van der Waals surface area contributed by atoms with Crippen LogP contribution in [0.3, 0.4) is 0 Å². The molecule has 0 saturated carbocycles. The van der Waals surface area contributed by atoms with E-state index < -0.39 is 20.0 Å². The highest BCUT2D eigenvalue weighted by Crippen LogP contribution is 2.24. The van der Waals surface area contributed by atoms with Gasteiger partial charge in [-0.05, 0) is 36.4 Å². The van der Waals surface area contributed by atoms with E-state index in [1.807, 2.05) is 0 Å². The summed E-state index contributed by atoms with van der Waals surface area (Å²) in [5.74, 6) is -0.285. The Morgan fingerprint density at radius 2 is 1.50 bits per heavy atom. The highest BCUT2D eigenvalue weighted by Gasteiger charge is 2.25. The summed E-state index contributed by atoms with van der Waals surface area (Å²) >= 11 is 0. The molecule has 2 aromatic rings. The lowest BCUT2D eigenvalue weighted by Gasteiger charge is -2.27. The number of nitrogens with zero attached hydrogens (tertiary/aromatic N) is 2. The number of amides is 1. The summed E-state index contributed by atoms with van der Waals surface area (Å²) in [5.41, 5.74) is 0.391. The van der Waals surface area contributed by atoms with Gasteiger partial charge in [-0.3, -0.25) is 9.52 Å². The van der Waals surface area contributed by atoms with Gasteiger partial charge in [-0.1, -0.05) is 26.0 Å². The number of ether oxygens (including phenoxy) is 1. The molecule has 1 amide bonds. The molecule has 32 heavy (non-hydrogen) atoms. The molecule has 1 saturated heterocycles. The molecule has 0 spiro atoms. The van der Waals surface area contributed by atoms with Crippen molar-refractivity contribution in [1.82, 2.24) is 9.21 Å². The van der Waals surface area contributed by atoms with E-state index in [1.54, 1.807) is 36.9 Å². The highest BCUT2D eigenvalue weighted by molar-refractivity contribution is 7.92. The molecule has 0 aliphatic carbocycles. The van der Waals surface area contributed by atoms with Crippen molar-refractivity contribution in [3.05, 3.63) is 54.1 Å². The molecule has 1 aliphatic heterocycles. The molecule has 3 rings (SSSR count). The zero-order valence-corrected chi connectivity index (χ0v) is 19.7. The van der Waals surface area contributed by atoms with Crippen molar-refractivity contribution in [2.45, 2.75) is 23.6 Å². The van der Waals surface area contributed by atoms with Crippen LogP contribution in [0, 0.1) is 0 Å². The molecule has 9 nitrogen and oxygen atoms in total. The molecule has 11 heteroatoms. The van der Waals surface area contributed by atoms with Gasteiger partial charge in [0.25, 0.3) is 15.9 Å². The maximum atomic E-state index is 12.9. The molecule has 174 valence electrons. The largest absolute Gasteiger partial charge is 0.378 e. The minimum absolute atomic E-state index is 0.0167. The van der Waals surface area contributed by atoms with Gasteiger partial charge in [0, 0.05) is 26.2 Å². The topological polar surface area (TPSA) is 113 Å². The summed E-state index contributed by atoms with van der Waals surface area (Å²) in [5, 5.41) is 0. The zero-order chi connectivity index (χ0) is 23.4. The molecule has 0 aromatic heterocycles. The molecule has 1 fully saturated rings. The Balaban J connectivity index is 1.85. The van der Waals surface area contributed by atoms with Crippen LogP contribution < -0.4 is 4.72 Å². The summed E-state index contributed by atoms with van der Waals surface area (Å²) in [4.78, 5) is 14.4. The third kappa shape index (κ3) is 5.12. The monoisotopic (exact) mass is 481 g/mol. The molecule has 1 N–H and O–H groups in total. The maximum Gasteiger partial charge on any atom is 0.261 e. The second kappa shape index (κ2) is 9.99. The van der Waals surface area contributed by atoms with Gasteiger partial charge in [0.15, 0.2) is 0 Å². The van der Waals surface area contributed by atoms with E-state index in [9.17, 15) is 21.6 Å². The Morgan fingerprint density at radius 1 is 0.938 bits per heavy atom. The molecule has 2 aromatic carbocycles. The Kier molecular flexibility index (Phi) is 7.55. The lowest BCUT2D eigenvalue weighted by atomic mass is 10.1. The molecule has 0 bridgehead atoms. The number of nitrogens with one attached hydrogen (secondary N) is 1. The van der Waals surface area contributed by atoms with Crippen molar-refractivity contribution in [3.8, 4) is 0 Å². The molecule has 0 atom stereocenters. The molecule has 0 radical (unpaired) electrons. The molecule has 0 unspecified atom stereocenters. The Hall–Kier alpha value is -2.47. The van der Waals surface area contributed by atoms with Gasteiger partial charge >= 0.3 is 0 Å². The Labute approximate surface area is 189 Å². The summed E-state index contributed by atoms with van der Waals surface area (Å²) in [7, 11) is -7.74. The molecular formula is C21H27N3O6S2. The van der Waals surface area contributed by atoms with Crippen LogP contribution >= 0.6 is 0 Å². The van der Waals surface area contributed by atoms with E-state index in [1.165, 1.54) is 34.6 Å². The van der Waals surface area contributed by atoms with Gasteiger partial charge in [0.05, 0.1) is 34.3 Å². The molecular weight excluding hydrogens is 454 g/mol. The molecule has 1 aliphatic rings. The van der Waals surface area contributed by atoms with Crippen LogP contribution in [0.25, 0.3) is 0 Å². The van der Waals surface area contributed by atoms with Gasteiger partial charge in [0.2, 0.25) is 10.0 Å². The van der Waals surface area contributed by atoms with Crippen molar-refractivity contribution in [2.75, 3.05) is 44.1 Å². The van der Waals surface area contributed by atoms with Gasteiger partial charge < -0.3 is 9.64 Å². The van der Waals surface area contributed by atoms with E-state index >= 15 is 0 Å². The molecule has 1 heterocycles. The first-order valence-electron chi connectivity index (χ1n) is 10.3. The zero-order valence-electron chi connectivity index (χ0n) is 18.0. The van der Waals surface area contributed by atoms with Crippen LogP contribution in [0.5, 0.6) is 0 Å². The fraction of sp³-hybridized carbons (Fsp3) is 0.381. The lowest BCUT2D eigenvalue weighted by molar-refractivity contribution is 0.0303. The number of hydrogen-bond donors (Lipinski definition) is 1. The average molecular weight is 482 g/mol. The first kappa shape index (κ1) is 24.2. The van der Waals surface area contributed by atoms with Gasteiger partial charge in [-0.25, -0.2) is 16.8 Å². The number of sulfonamides is 2. The fourth-order valence-electron chi connectivity index (χ4n) is 3.40. The number of morpholine rings is 1. The number of anilines is 1. The van der Waals surface area contributed by atoms with Gasteiger partial charge in [0.1, 0.15) is 0 Å². The van der Waals surface area contributed by atoms with E-state index in [0.29, 0.717) is 39.4 Å². The Bertz CT molecular complexity index is 1150. The smallest absolute Gasteiger partial charge is 0.261 e. The summed E-state index contributed by atoms with van der Waals surface area (Å²) < 4.78 is 60.2. The predicted octanol–water partition coefficient (Wildman–Crippen LogP) is 1.99. The first-order chi connectivity index (χ1) is 15.2. The van der Waals surface area contributed by atoms with Crippen LogP contribution in [0.4, 0.5) is 5.69 Å². The lowest BCUT2D eigenvalue weighted by Crippen LogP contribution is -2.41. The third-order valence-corrected chi connectivity index (χ3v) is 8.62. The normalized spacial score (nSPS) is 15.0. The van der Waals surface area contributed by atoms with E-state index in [2.05, 4.69) is 4.72 Å². The van der Waals surface area contributed by atoms with Crippen molar-refractivity contribution >= 4 is 31.6 Å². The van der Waals surface area contributed by atoms with Crippen molar-refractivity contribution in [1.29, 1.82) is 0 Å². The number of hydrogen-bond acceptors (Lipinski definition) is 6. The highest BCUT2D eigenvalue weighted by atomic mass is 32.2. The van der Waals surface area contributed by atoms with Crippen LogP contribution in [0.1, 0.15) is 24.2 Å². The maximum absolute atomic E-state index is 12.9. The Morgan fingerprint density at radius 3 is 2.09 bits per heavy atom. The standard InChI is InChI=1S/C21H27N3O6S2/c1-3-24(4-2)32(28,29)18-11-9-17(10-12-18)31(26,27)22-20-8-6-5-7-19(20)21(25)23-13-15-30-16-14-23/h5-12,22H,3-4,13-16H2,1-2H3. The van der Waals surface area contributed by atoms with E-state index in [0.717, 1.165) is 0 Å². The van der Waals surface area contributed by atoms with Crippen molar-refractivity contribution in [2.24, 2.45) is 0 Å². The number of carbonyl (C=O) groups excluding carboxylic acids is 1. The number of para-hydroxylation sites is 1. The summed E-state index contributed by atoms with van der Waals surface area (Å²) in [6, 6.07) is 11.4. The third-order valence-electron chi connectivity index (χ3n) is 5.18. The SMILES string of the molecule is CCN(CC)S(=O)(=O)c1ccc(S(=O)(=O)Nc2ccccc2C(=O)N2CCOCC2)cc1. The number of rotatable bonds is 8. The van der Waals surface area contributed by atoms with Crippen LogP contribution in [0.2, 0.25) is 0 Å². The van der Waals surface area contributed by atoms with E-state index in [-0.39, 0.29) is 26.9 Å². The van der Waals surface area contributed by atoms with Crippen LogP contribution in [0.15, 0.2) is 58.3 Å². The summed E-state index contributed by atoms with van der Waals surface area (Å²) in [6.07, 6.45) is 0. The second-order valence-electron chi connectivity index (χ2n) is 7.12. The second-order valence-corrected chi connectivity index (χ2v) is 10.7. The number of benzene rings is 2. The average Bonchev–Trinajstić information content (AvgIpc) is 2.80. The van der Waals surface area contributed by atoms with Gasteiger partial charge in [-0.2, -0.15) is 4.31 Å². The number of carbonyl (C=O) groups is 1.